The van der Waals surface area contributed by atoms with Crippen LogP contribution in [0.4, 0.5) is 0 Å². The normalized spacial score (nSPS) is 11.1. The van der Waals surface area contributed by atoms with E-state index in [9.17, 15) is 9.59 Å². The number of aryl methyl sites for hydroxylation is 1. The average Bonchev–Trinajstić information content (AvgIpc) is 2.75. The molecule has 0 saturated carbocycles. The van der Waals surface area contributed by atoms with Gasteiger partial charge in [-0.2, -0.15) is 0 Å². The lowest BCUT2D eigenvalue weighted by Crippen LogP contribution is -2.44. The third kappa shape index (κ3) is 2.39. The summed E-state index contributed by atoms with van der Waals surface area (Å²) in [5.74, 6) is -1.18. The number of hydrogen-bond acceptors (Lipinski definition) is 4. The summed E-state index contributed by atoms with van der Waals surface area (Å²) in [6, 6.07) is 3.49. The summed E-state index contributed by atoms with van der Waals surface area (Å²) in [7, 11) is 1.77. The van der Waals surface area contributed by atoms with E-state index in [-0.39, 0.29) is 13.2 Å². The Morgan fingerprint density at radius 2 is 1.72 bits per heavy atom. The summed E-state index contributed by atoms with van der Waals surface area (Å²) in [5, 5.41) is 0. The van der Waals surface area contributed by atoms with E-state index >= 15 is 0 Å². The second kappa shape index (κ2) is 5.71. The molecule has 5 heteroatoms. The summed E-state index contributed by atoms with van der Waals surface area (Å²) in [6.07, 6.45) is 1.77. The number of hydrogen-bond donors (Lipinski definition) is 0. The Balaban J connectivity index is 3.21. The van der Waals surface area contributed by atoms with Crippen LogP contribution in [0.2, 0.25) is 0 Å². The summed E-state index contributed by atoms with van der Waals surface area (Å²) in [6.45, 7) is 5.37. The lowest BCUT2D eigenvalue weighted by molar-refractivity contribution is -0.164. The summed E-state index contributed by atoms with van der Waals surface area (Å²) >= 11 is 0. The van der Waals surface area contributed by atoms with Crippen molar-refractivity contribution in [1.29, 1.82) is 0 Å². The highest BCUT2D eigenvalue weighted by Crippen LogP contribution is 2.27. The van der Waals surface area contributed by atoms with Gasteiger partial charge in [-0.25, -0.2) is 0 Å². The van der Waals surface area contributed by atoms with Crippen molar-refractivity contribution in [2.75, 3.05) is 13.2 Å². The van der Waals surface area contributed by atoms with E-state index in [4.69, 9.17) is 9.47 Å². The molecule has 0 aromatic carbocycles. The van der Waals surface area contributed by atoms with Crippen LogP contribution in [0.1, 0.15) is 26.5 Å². The van der Waals surface area contributed by atoms with Crippen molar-refractivity contribution in [3.05, 3.63) is 24.0 Å². The largest absolute Gasteiger partial charge is 0.465 e. The van der Waals surface area contributed by atoms with Crippen LogP contribution in [0.3, 0.4) is 0 Å². The third-order valence-electron chi connectivity index (χ3n) is 2.82. The molecule has 0 aliphatic rings. The van der Waals surface area contributed by atoms with E-state index in [1.807, 2.05) is 0 Å². The topological polar surface area (TPSA) is 57.5 Å². The average molecular weight is 253 g/mol. The van der Waals surface area contributed by atoms with Gasteiger partial charge in [0.2, 0.25) is 5.41 Å². The van der Waals surface area contributed by atoms with E-state index in [0.29, 0.717) is 5.69 Å². The smallest absolute Gasteiger partial charge is 0.329 e. The highest BCUT2D eigenvalue weighted by Gasteiger charge is 2.47. The number of rotatable bonds is 5. The van der Waals surface area contributed by atoms with Crippen LogP contribution in [0.15, 0.2) is 18.3 Å². The van der Waals surface area contributed by atoms with Gasteiger partial charge in [-0.3, -0.25) is 9.59 Å². The molecule has 1 rings (SSSR count). The van der Waals surface area contributed by atoms with Crippen LogP contribution in [0.25, 0.3) is 0 Å². The highest BCUT2D eigenvalue weighted by atomic mass is 16.6. The Morgan fingerprint density at radius 3 is 2.06 bits per heavy atom. The van der Waals surface area contributed by atoms with Crippen LogP contribution < -0.4 is 0 Å². The van der Waals surface area contributed by atoms with E-state index in [0.717, 1.165) is 0 Å². The van der Waals surface area contributed by atoms with Crippen LogP contribution >= 0.6 is 0 Å². The zero-order valence-corrected chi connectivity index (χ0v) is 11.2. The molecule has 0 spiro atoms. The SMILES string of the molecule is CCOC(=O)C(C)(C(=O)OCC)c1cccn1C. The minimum absolute atomic E-state index is 0.220. The van der Waals surface area contributed by atoms with Gasteiger partial charge in [0.15, 0.2) is 0 Å². The quantitative estimate of drug-likeness (QED) is 0.588. The van der Waals surface area contributed by atoms with Crippen molar-refractivity contribution < 1.29 is 19.1 Å². The van der Waals surface area contributed by atoms with Crippen LogP contribution in [0, 0.1) is 0 Å². The van der Waals surface area contributed by atoms with Crippen molar-refractivity contribution in [2.24, 2.45) is 7.05 Å². The molecule has 0 N–H and O–H groups in total. The molecule has 0 bridgehead atoms. The molecule has 0 aliphatic heterocycles. The van der Waals surface area contributed by atoms with Crippen molar-refractivity contribution >= 4 is 11.9 Å². The van der Waals surface area contributed by atoms with E-state index in [1.165, 1.54) is 6.92 Å². The van der Waals surface area contributed by atoms with Crippen LogP contribution in [0.5, 0.6) is 0 Å². The molecule has 0 aliphatic carbocycles. The minimum atomic E-state index is -1.43. The van der Waals surface area contributed by atoms with Gasteiger partial charge in [0.1, 0.15) is 0 Å². The molecule has 0 amide bonds. The molecule has 18 heavy (non-hydrogen) atoms. The summed E-state index contributed by atoms with van der Waals surface area (Å²) in [4.78, 5) is 24.2. The van der Waals surface area contributed by atoms with Gasteiger partial charge in [-0.05, 0) is 32.9 Å². The molecule has 1 aromatic rings. The van der Waals surface area contributed by atoms with E-state index < -0.39 is 17.4 Å². The van der Waals surface area contributed by atoms with Crippen LogP contribution in [-0.2, 0) is 31.5 Å². The second-order valence-corrected chi connectivity index (χ2v) is 4.07. The van der Waals surface area contributed by atoms with Gasteiger partial charge >= 0.3 is 11.9 Å². The molecule has 5 nitrogen and oxygen atoms in total. The lowest BCUT2D eigenvalue weighted by atomic mass is 9.86. The zero-order valence-electron chi connectivity index (χ0n) is 11.2. The number of carbonyl (C=O) groups is 2. The van der Waals surface area contributed by atoms with Gasteiger partial charge in [0.05, 0.1) is 13.2 Å². The fraction of sp³-hybridized carbons (Fsp3) is 0.538. The lowest BCUT2D eigenvalue weighted by Gasteiger charge is -2.25. The first kappa shape index (κ1) is 14.3. The Bertz CT molecular complexity index is 418. The van der Waals surface area contributed by atoms with E-state index in [2.05, 4.69) is 0 Å². The van der Waals surface area contributed by atoms with Crippen LogP contribution in [-0.4, -0.2) is 29.7 Å². The fourth-order valence-corrected chi connectivity index (χ4v) is 1.82. The molecule has 0 saturated heterocycles. The first-order valence-corrected chi connectivity index (χ1v) is 5.94. The van der Waals surface area contributed by atoms with Gasteiger partial charge in [-0.1, -0.05) is 0 Å². The molecule has 100 valence electrons. The predicted molar refractivity (Wildman–Crippen MR) is 66.0 cm³/mol. The molecular weight excluding hydrogens is 234 g/mol. The maximum Gasteiger partial charge on any atom is 0.329 e. The van der Waals surface area contributed by atoms with Crippen molar-refractivity contribution in [3.8, 4) is 0 Å². The van der Waals surface area contributed by atoms with Crippen molar-refractivity contribution in [3.63, 3.8) is 0 Å². The highest BCUT2D eigenvalue weighted by molar-refractivity contribution is 6.05. The van der Waals surface area contributed by atoms with Crippen molar-refractivity contribution in [1.82, 2.24) is 4.57 Å². The van der Waals surface area contributed by atoms with Gasteiger partial charge < -0.3 is 14.0 Å². The summed E-state index contributed by atoms with van der Waals surface area (Å²) < 4.78 is 11.7. The Hall–Kier alpha value is -1.78. The first-order chi connectivity index (χ1) is 8.48. The third-order valence-corrected chi connectivity index (χ3v) is 2.82. The molecule has 0 radical (unpaired) electrons. The maximum absolute atomic E-state index is 12.1. The van der Waals surface area contributed by atoms with Gasteiger partial charge in [0.25, 0.3) is 0 Å². The molecule has 1 aromatic heterocycles. The standard InChI is InChI=1S/C13H19NO4/c1-5-17-11(15)13(3,12(16)18-6-2)10-8-7-9-14(10)4/h7-9H,5-6H2,1-4H3. The maximum atomic E-state index is 12.1. The van der Waals surface area contributed by atoms with Gasteiger partial charge in [-0.15, -0.1) is 0 Å². The Morgan fingerprint density at radius 1 is 1.22 bits per heavy atom. The zero-order chi connectivity index (χ0) is 13.8. The number of nitrogens with zero attached hydrogens (tertiary/aromatic N) is 1. The molecule has 0 fully saturated rings. The number of esters is 2. The minimum Gasteiger partial charge on any atom is -0.465 e. The number of ether oxygens (including phenoxy) is 2. The van der Waals surface area contributed by atoms with E-state index in [1.54, 1.807) is 43.8 Å². The first-order valence-electron chi connectivity index (χ1n) is 5.94. The fourth-order valence-electron chi connectivity index (χ4n) is 1.82. The molecular formula is C13H19NO4. The Labute approximate surface area is 107 Å². The van der Waals surface area contributed by atoms with Crippen molar-refractivity contribution in [2.45, 2.75) is 26.2 Å². The van der Waals surface area contributed by atoms with Gasteiger partial charge in [0, 0.05) is 18.9 Å². The number of aromatic nitrogens is 1. The molecule has 0 unspecified atom stereocenters. The Kier molecular flexibility index (Phi) is 4.53. The summed E-state index contributed by atoms with van der Waals surface area (Å²) in [5.41, 5.74) is -0.871. The molecule has 1 heterocycles. The predicted octanol–water partition coefficient (Wildman–Crippen LogP) is 1.41. The molecule has 0 atom stereocenters. The number of carbonyl (C=O) groups excluding carboxylic acids is 2. The second-order valence-electron chi connectivity index (χ2n) is 4.07. The monoisotopic (exact) mass is 253 g/mol.